The molecule has 28 heavy (non-hydrogen) atoms. The number of rotatable bonds is 8. The zero-order valence-electron chi connectivity index (χ0n) is 17.4. The smallest absolute Gasteiger partial charge is 0.162 e. The second-order valence-corrected chi connectivity index (χ2v) is 7.92. The monoisotopic (exact) mass is 380 g/mol. The molecule has 2 aromatic carbocycles. The predicted molar refractivity (Wildman–Crippen MR) is 115 cm³/mol. The minimum atomic E-state index is 0.226. The number of aryl methyl sites for hydroxylation is 1. The Bertz CT molecular complexity index is 747. The van der Waals surface area contributed by atoms with E-state index in [1.807, 2.05) is 12.1 Å². The highest BCUT2D eigenvalue weighted by atomic mass is 16.5. The van der Waals surface area contributed by atoms with Crippen molar-refractivity contribution >= 4 is 11.5 Å². The summed E-state index contributed by atoms with van der Waals surface area (Å²) in [5.74, 6) is 0.226. The lowest BCUT2D eigenvalue weighted by Crippen LogP contribution is -2.36. The van der Waals surface area contributed by atoms with Gasteiger partial charge in [-0.3, -0.25) is 4.79 Å². The third-order valence-corrected chi connectivity index (χ3v) is 5.59. The lowest BCUT2D eigenvalue weighted by Gasteiger charge is -2.28. The fraction of sp³-hybridized carbons (Fsp3) is 0.458. The molecule has 2 aromatic rings. The van der Waals surface area contributed by atoms with Gasteiger partial charge >= 0.3 is 0 Å². The van der Waals surface area contributed by atoms with Gasteiger partial charge < -0.3 is 14.5 Å². The molecule has 4 heteroatoms. The molecular weight excluding hydrogens is 348 g/mol. The van der Waals surface area contributed by atoms with Crippen molar-refractivity contribution in [3.8, 4) is 0 Å². The number of benzene rings is 2. The van der Waals surface area contributed by atoms with Gasteiger partial charge in [-0.05, 0) is 63.7 Å². The molecule has 0 spiro atoms. The quantitative estimate of drug-likeness (QED) is 0.649. The molecule has 0 N–H and O–H groups in total. The van der Waals surface area contributed by atoms with Crippen LogP contribution >= 0.6 is 0 Å². The maximum Gasteiger partial charge on any atom is 0.162 e. The summed E-state index contributed by atoms with van der Waals surface area (Å²) in [5, 5.41) is 0. The number of carbonyl (C=O) groups excluding carboxylic acids is 1. The molecule has 3 rings (SSSR count). The summed E-state index contributed by atoms with van der Waals surface area (Å²) in [4.78, 5) is 17.2. The summed E-state index contributed by atoms with van der Waals surface area (Å²) < 4.78 is 5.41. The summed E-state index contributed by atoms with van der Waals surface area (Å²) in [6, 6.07) is 17.1. The number of likely N-dealkylation sites (N-methyl/N-ethyl adjacent to an activating group) is 1. The van der Waals surface area contributed by atoms with Crippen LogP contribution in [0.15, 0.2) is 48.5 Å². The van der Waals surface area contributed by atoms with Crippen molar-refractivity contribution in [3.63, 3.8) is 0 Å². The van der Waals surface area contributed by atoms with E-state index in [0.29, 0.717) is 12.5 Å². The largest absolute Gasteiger partial charge is 0.378 e. The third kappa shape index (κ3) is 5.66. The number of anilines is 1. The average Bonchev–Trinajstić information content (AvgIpc) is 2.73. The molecule has 0 amide bonds. The fourth-order valence-corrected chi connectivity index (χ4v) is 3.66. The molecule has 1 atom stereocenters. The van der Waals surface area contributed by atoms with Gasteiger partial charge in [0.25, 0.3) is 0 Å². The molecular formula is C24H32N2O2. The summed E-state index contributed by atoms with van der Waals surface area (Å²) >= 11 is 0. The Balaban J connectivity index is 1.55. The van der Waals surface area contributed by atoms with E-state index in [1.165, 1.54) is 16.8 Å². The highest BCUT2D eigenvalue weighted by molar-refractivity contribution is 5.96. The van der Waals surface area contributed by atoms with E-state index in [1.54, 1.807) is 0 Å². The zero-order valence-corrected chi connectivity index (χ0v) is 17.4. The number of hydrogen-bond donors (Lipinski definition) is 0. The number of ether oxygens (including phenoxy) is 1. The number of nitrogens with zero attached hydrogens (tertiary/aromatic N) is 2. The van der Waals surface area contributed by atoms with Crippen LogP contribution in [-0.2, 0) is 11.2 Å². The van der Waals surface area contributed by atoms with E-state index < -0.39 is 0 Å². The van der Waals surface area contributed by atoms with Gasteiger partial charge in [0.15, 0.2) is 5.78 Å². The standard InChI is InChI=1S/C24H32N2O2/c1-19-4-6-20(7-5-19)18-23(25(2)3)12-13-24(27)21-8-10-22(11-9-21)26-14-16-28-17-15-26/h4-11,23H,12-18H2,1-3H3/t23-/m0/s1. The normalized spacial score (nSPS) is 15.6. The Kier molecular flexibility index (Phi) is 7.24. The number of ketones is 1. The van der Waals surface area contributed by atoms with Crippen LogP contribution in [-0.4, -0.2) is 57.1 Å². The van der Waals surface area contributed by atoms with Gasteiger partial charge in [-0.1, -0.05) is 29.8 Å². The van der Waals surface area contributed by atoms with Crippen molar-refractivity contribution in [2.75, 3.05) is 45.3 Å². The minimum absolute atomic E-state index is 0.226. The van der Waals surface area contributed by atoms with Gasteiger partial charge in [-0.2, -0.15) is 0 Å². The van der Waals surface area contributed by atoms with E-state index >= 15 is 0 Å². The Morgan fingerprint density at radius 3 is 2.29 bits per heavy atom. The molecule has 1 saturated heterocycles. The molecule has 150 valence electrons. The molecule has 0 aromatic heterocycles. The molecule has 0 bridgehead atoms. The van der Waals surface area contributed by atoms with Crippen molar-refractivity contribution in [1.29, 1.82) is 0 Å². The van der Waals surface area contributed by atoms with E-state index in [-0.39, 0.29) is 5.78 Å². The Morgan fingerprint density at radius 1 is 1.04 bits per heavy atom. The molecule has 1 heterocycles. The second kappa shape index (κ2) is 9.85. The van der Waals surface area contributed by atoms with E-state index in [4.69, 9.17) is 4.74 Å². The van der Waals surface area contributed by atoms with Crippen molar-refractivity contribution in [2.24, 2.45) is 0 Å². The number of hydrogen-bond acceptors (Lipinski definition) is 4. The van der Waals surface area contributed by atoms with Crippen LogP contribution in [0, 0.1) is 6.92 Å². The molecule has 0 aliphatic carbocycles. The lowest BCUT2D eigenvalue weighted by atomic mass is 9.97. The fourth-order valence-electron chi connectivity index (χ4n) is 3.66. The van der Waals surface area contributed by atoms with Crippen LogP contribution in [0.3, 0.4) is 0 Å². The summed E-state index contributed by atoms with van der Waals surface area (Å²) in [7, 11) is 4.20. The van der Waals surface area contributed by atoms with Crippen LogP contribution in [0.25, 0.3) is 0 Å². The van der Waals surface area contributed by atoms with Crippen molar-refractivity contribution in [2.45, 2.75) is 32.2 Å². The van der Waals surface area contributed by atoms with Crippen molar-refractivity contribution < 1.29 is 9.53 Å². The maximum atomic E-state index is 12.7. The maximum absolute atomic E-state index is 12.7. The molecule has 0 saturated carbocycles. The zero-order chi connectivity index (χ0) is 19.9. The van der Waals surface area contributed by atoms with Crippen LogP contribution in [0.5, 0.6) is 0 Å². The topological polar surface area (TPSA) is 32.8 Å². The first-order valence-corrected chi connectivity index (χ1v) is 10.2. The summed E-state index contributed by atoms with van der Waals surface area (Å²) in [6.07, 6.45) is 2.41. The highest BCUT2D eigenvalue weighted by Gasteiger charge is 2.16. The highest BCUT2D eigenvalue weighted by Crippen LogP contribution is 2.19. The molecule has 4 nitrogen and oxygen atoms in total. The Labute approximate surface area is 169 Å². The first kappa shape index (κ1) is 20.6. The van der Waals surface area contributed by atoms with Crippen LogP contribution in [0.4, 0.5) is 5.69 Å². The summed E-state index contributed by atoms with van der Waals surface area (Å²) in [5.41, 5.74) is 4.59. The SMILES string of the molecule is Cc1ccc(C[C@H](CCC(=O)c2ccc(N3CCOCC3)cc2)N(C)C)cc1. The van der Waals surface area contributed by atoms with Gasteiger partial charge in [0.1, 0.15) is 0 Å². The second-order valence-electron chi connectivity index (χ2n) is 7.92. The molecule has 1 aliphatic rings. The Morgan fingerprint density at radius 2 is 1.68 bits per heavy atom. The third-order valence-electron chi connectivity index (χ3n) is 5.59. The molecule has 0 unspecified atom stereocenters. The minimum Gasteiger partial charge on any atom is -0.378 e. The summed E-state index contributed by atoms with van der Waals surface area (Å²) in [6.45, 7) is 5.48. The van der Waals surface area contributed by atoms with Crippen LogP contribution in [0.1, 0.15) is 34.3 Å². The van der Waals surface area contributed by atoms with Gasteiger partial charge in [-0.15, -0.1) is 0 Å². The van der Waals surface area contributed by atoms with Gasteiger partial charge in [-0.25, -0.2) is 0 Å². The average molecular weight is 381 g/mol. The molecule has 1 fully saturated rings. The molecule has 0 radical (unpaired) electrons. The number of morpholine rings is 1. The lowest BCUT2D eigenvalue weighted by molar-refractivity contribution is 0.0968. The van der Waals surface area contributed by atoms with E-state index in [9.17, 15) is 4.79 Å². The van der Waals surface area contributed by atoms with Crippen molar-refractivity contribution in [3.05, 3.63) is 65.2 Å². The van der Waals surface area contributed by atoms with Gasteiger partial charge in [0, 0.05) is 36.8 Å². The molecule has 1 aliphatic heterocycles. The first-order chi connectivity index (χ1) is 13.5. The van der Waals surface area contributed by atoms with Crippen LogP contribution < -0.4 is 4.90 Å². The predicted octanol–water partition coefficient (Wildman–Crippen LogP) is 3.97. The van der Waals surface area contributed by atoms with E-state index in [2.05, 4.69) is 67.2 Å². The van der Waals surface area contributed by atoms with Gasteiger partial charge in [0.05, 0.1) is 13.2 Å². The number of carbonyl (C=O) groups is 1. The first-order valence-electron chi connectivity index (χ1n) is 10.2. The number of Topliss-reactive ketones (excluding diaryl/α,β-unsaturated/α-hetero) is 1. The Hall–Kier alpha value is -2.17. The van der Waals surface area contributed by atoms with Crippen molar-refractivity contribution in [1.82, 2.24) is 4.90 Å². The van der Waals surface area contributed by atoms with Gasteiger partial charge in [0.2, 0.25) is 0 Å². The van der Waals surface area contributed by atoms with E-state index in [0.717, 1.165) is 44.7 Å². The van der Waals surface area contributed by atoms with Crippen LogP contribution in [0.2, 0.25) is 0 Å².